The van der Waals surface area contributed by atoms with Crippen molar-refractivity contribution in [3.05, 3.63) is 64.2 Å². The molecule has 1 aliphatic rings. The Morgan fingerprint density at radius 2 is 2.00 bits per heavy atom. The van der Waals surface area contributed by atoms with Crippen LogP contribution < -0.4 is 15.0 Å². The molecule has 0 atom stereocenters. The highest BCUT2D eigenvalue weighted by atomic mass is 35.5. The van der Waals surface area contributed by atoms with Crippen LogP contribution in [0.2, 0.25) is 10.0 Å². The van der Waals surface area contributed by atoms with Crippen molar-refractivity contribution >= 4 is 46.4 Å². The van der Waals surface area contributed by atoms with Crippen LogP contribution in [0.15, 0.2) is 48.6 Å². The van der Waals surface area contributed by atoms with E-state index in [1.807, 2.05) is 6.92 Å². The summed E-state index contributed by atoms with van der Waals surface area (Å²) >= 11 is 11.8. The molecule has 0 aliphatic carbocycles. The van der Waals surface area contributed by atoms with Crippen LogP contribution in [0.1, 0.15) is 17.3 Å². The van der Waals surface area contributed by atoms with E-state index in [1.165, 1.54) is 6.07 Å². The number of anilines is 2. The van der Waals surface area contributed by atoms with Crippen LogP contribution in [-0.4, -0.2) is 25.0 Å². The topological polar surface area (TPSA) is 58.6 Å². The predicted octanol–water partition coefficient (Wildman–Crippen LogP) is 4.55. The molecule has 0 spiro atoms. The Morgan fingerprint density at radius 3 is 2.69 bits per heavy atom. The molecule has 26 heavy (non-hydrogen) atoms. The Balaban J connectivity index is 1.82. The maximum Gasteiger partial charge on any atom is 0.265 e. The normalized spacial score (nSPS) is 13.0. The number of hydrogen-bond donors (Lipinski definition) is 1. The largest absolute Gasteiger partial charge is 0.481 e. The molecule has 0 saturated heterocycles. The first-order valence-corrected chi connectivity index (χ1v) is 8.59. The van der Waals surface area contributed by atoms with Gasteiger partial charge in [0.05, 0.1) is 15.7 Å². The summed E-state index contributed by atoms with van der Waals surface area (Å²) in [4.78, 5) is 26.1. The second kappa shape index (κ2) is 7.40. The van der Waals surface area contributed by atoms with Crippen LogP contribution >= 0.6 is 23.2 Å². The van der Waals surface area contributed by atoms with E-state index < -0.39 is 0 Å². The molecule has 7 heteroatoms. The maximum absolute atomic E-state index is 12.4. The Kier molecular flexibility index (Phi) is 5.20. The zero-order valence-corrected chi connectivity index (χ0v) is 15.5. The molecule has 0 unspecified atom stereocenters. The lowest BCUT2D eigenvalue weighted by Crippen LogP contribution is -2.39. The Labute approximate surface area is 161 Å². The number of benzene rings is 2. The van der Waals surface area contributed by atoms with E-state index in [1.54, 1.807) is 35.2 Å². The van der Waals surface area contributed by atoms with Gasteiger partial charge in [0.25, 0.3) is 11.8 Å². The first kappa shape index (κ1) is 18.3. The highest BCUT2D eigenvalue weighted by Gasteiger charge is 2.25. The molecule has 0 fully saturated rings. The molecule has 1 N–H and O–H groups in total. The molecule has 1 heterocycles. The van der Waals surface area contributed by atoms with E-state index >= 15 is 0 Å². The molecule has 2 aromatic carbocycles. The molecule has 3 rings (SSSR count). The monoisotopic (exact) mass is 390 g/mol. The number of fused-ring (bicyclic) bond motifs is 1. The van der Waals surface area contributed by atoms with Crippen molar-refractivity contribution in [1.29, 1.82) is 0 Å². The average Bonchev–Trinajstić information content (AvgIpc) is 2.59. The van der Waals surface area contributed by atoms with Gasteiger partial charge in [0.2, 0.25) is 0 Å². The van der Waals surface area contributed by atoms with Crippen molar-refractivity contribution < 1.29 is 14.3 Å². The first-order valence-electron chi connectivity index (χ1n) is 7.83. The van der Waals surface area contributed by atoms with Crippen LogP contribution in [0.25, 0.3) is 0 Å². The summed E-state index contributed by atoms with van der Waals surface area (Å²) in [5, 5.41) is 3.47. The number of carbonyl (C=O) groups is 2. The van der Waals surface area contributed by atoms with Gasteiger partial charge in [-0.05, 0) is 37.3 Å². The summed E-state index contributed by atoms with van der Waals surface area (Å²) in [7, 11) is 0. The number of amides is 2. The van der Waals surface area contributed by atoms with Crippen molar-refractivity contribution in [2.24, 2.45) is 0 Å². The minimum absolute atomic E-state index is 0.0511. The van der Waals surface area contributed by atoms with E-state index in [-0.39, 0.29) is 18.4 Å². The fourth-order valence-electron chi connectivity index (χ4n) is 2.57. The van der Waals surface area contributed by atoms with Gasteiger partial charge in [-0.15, -0.1) is 0 Å². The van der Waals surface area contributed by atoms with Crippen LogP contribution in [0.4, 0.5) is 11.4 Å². The van der Waals surface area contributed by atoms with E-state index in [4.69, 9.17) is 27.9 Å². The Hall–Kier alpha value is -2.50. The van der Waals surface area contributed by atoms with E-state index in [9.17, 15) is 9.59 Å². The number of nitrogens with one attached hydrogen (secondary N) is 1. The van der Waals surface area contributed by atoms with Gasteiger partial charge in [0.1, 0.15) is 5.75 Å². The van der Waals surface area contributed by atoms with Gasteiger partial charge in [-0.25, -0.2) is 0 Å². The smallest absolute Gasteiger partial charge is 0.265 e. The van der Waals surface area contributed by atoms with E-state index in [0.717, 1.165) is 5.57 Å². The van der Waals surface area contributed by atoms with Gasteiger partial charge >= 0.3 is 0 Å². The van der Waals surface area contributed by atoms with Crippen LogP contribution in [0, 0.1) is 0 Å². The number of nitrogens with zero attached hydrogens (tertiary/aromatic N) is 1. The van der Waals surface area contributed by atoms with Gasteiger partial charge in [-0.2, -0.15) is 0 Å². The Bertz CT molecular complexity index is 912. The van der Waals surface area contributed by atoms with Crippen LogP contribution in [0.5, 0.6) is 5.75 Å². The molecule has 1 aliphatic heterocycles. The van der Waals surface area contributed by atoms with Crippen LogP contribution in [0.3, 0.4) is 0 Å². The molecule has 0 aromatic heterocycles. The number of hydrogen-bond acceptors (Lipinski definition) is 3. The zero-order chi connectivity index (χ0) is 18.8. The fraction of sp³-hybridized carbons (Fsp3) is 0.158. The average molecular weight is 391 g/mol. The highest BCUT2D eigenvalue weighted by molar-refractivity contribution is 6.42. The molecule has 0 bridgehead atoms. The fourth-order valence-corrected chi connectivity index (χ4v) is 2.86. The number of carbonyl (C=O) groups excluding carboxylic acids is 2. The maximum atomic E-state index is 12.4. The van der Waals surface area contributed by atoms with E-state index in [0.29, 0.717) is 39.3 Å². The number of ether oxygens (including phenoxy) is 1. The zero-order valence-electron chi connectivity index (χ0n) is 14.0. The molecule has 2 aromatic rings. The molecule has 134 valence electrons. The molecule has 5 nitrogen and oxygen atoms in total. The lowest BCUT2D eigenvalue weighted by atomic mass is 10.1. The van der Waals surface area contributed by atoms with Crippen molar-refractivity contribution in [2.45, 2.75) is 6.92 Å². The quantitative estimate of drug-likeness (QED) is 0.779. The van der Waals surface area contributed by atoms with Crippen molar-refractivity contribution in [1.82, 2.24) is 0 Å². The van der Waals surface area contributed by atoms with Gasteiger partial charge < -0.3 is 15.0 Å². The van der Waals surface area contributed by atoms with Gasteiger partial charge in [0, 0.05) is 23.9 Å². The molecule has 0 saturated carbocycles. The molecule has 2 amide bonds. The summed E-state index contributed by atoms with van der Waals surface area (Å²) in [6, 6.07) is 9.78. The summed E-state index contributed by atoms with van der Waals surface area (Å²) in [5.74, 6) is 0.0695. The second-order valence-corrected chi connectivity index (χ2v) is 6.81. The second-order valence-electron chi connectivity index (χ2n) is 5.99. The first-order chi connectivity index (χ1) is 12.3. The third kappa shape index (κ3) is 3.84. The van der Waals surface area contributed by atoms with Gasteiger partial charge in [0.15, 0.2) is 6.61 Å². The van der Waals surface area contributed by atoms with Gasteiger partial charge in [-0.3, -0.25) is 9.59 Å². The minimum Gasteiger partial charge on any atom is -0.481 e. The lowest BCUT2D eigenvalue weighted by Gasteiger charge is -2.29. The third-order valence-electron chi connectivity index (χ3n) is 3.77. The summed E-state index contributed by atoms with van der Waals surface area (Å²) < 4.78 is 5.50. The van der Waals surface area contributed by atoms with E-state index in [2.05, 4.69) is 11.9 Å². The van der Waals surface area contributed by atoms with Crippen molar-refractivity contribution in [2.75, 3.05) is 23.4 Å². The SMILES string of the molecule is C=C(C)CN1C(=O)COc2cc(NC(=O)c3ccc(Cl)c(Cl)c3)ccc21. The van der Waals surface area contributed by atoms with Crippen molar-refractivity contribution in [3.63, 3.8) is 0 Å². The summed E-state index contributed by atoms with van der Waals surface area (Å²) in [6.07, 6.45) is 0. The number of rotatable bonds is 4. The van der Waals surface area contributed by atoms with Crippen molar-refractivity contribution in [3.8, 4) is 5.75 Å². The molecular formula is C19H16Cl2N2O3. The highest BCUT2D eigenvalue weighted by Crippen LogP contribution is 2.35. The molecular weight excluding hydrogens is 375 g/mol. The molecule has 0 radical (unpaired) electrons. The standard InChI is InChI=1S/C19H16Cl2N2O3/c1-11(2)9-23-16-6-4-13(8-17(16)26-10-18(23)24)22-19(25)12-3-5-14(20)15(21)7-12/h3-8H,1,9-10H2,2H3,(H,22,25). The Morgan fingerprint density at radius 1 is 1.23 bits per heavy atom. The summed E-state index contributed by atoms with van der Waals surface area (Å²) in [6.45, 7) is 6.07. The van der Waals surface area contributed by atoms with Crippen LogP contribution in [-0.2, 0) is 4.79 Å². The third-order valence-corrected chi connectivity index (χ3v) is 4.51. The number of halogens is 2. The predicted molar refractivity (Wildman–Crippen MR) is 104 cm³/mol. The lowest BCUT2D eigenvalue weighted by molar-refractivity contribution is -0.121. The van der Waals surface area contributed by atoms with Gasteiger partial charge in [-0.1, -0.05) is 35.4 Å². The minimum atomic E-state index is -0.325. The summed E-state index contributed by atoms with van der Waals surface area (Å²) in [5.41, 5.74) is 2.45.